The van der Waals surface area contributed by atoms with E-state index in [1.165, 1.54) is 0 Å². The maximum atomic E-state index is 8.94. The van der Waals surface area contributed by atoms with E-state index in [0.29, 0.717) is 5.92 Å². The van der Waals surface area contributed by atoms with Crippen LogP contribution in [0.25, 0.3) is 0 Å². The number of hydrogen-bond acceptors (Lipinski definition) is 3. The normalized spacial score (nSPS) is 10.6. The molecule has 0 saturated carbocycles. The lowest BCUT2D eigenvalue weighted by molar-refractivity contribution is 0.277. The molecule has 0 amide bonds. The fraction of sp³-hybridized carbons (Fsp3) is 0.545. The molecule has 1 rings (SSSR count). The third-order valence-electron chi connectivity index (χ3n) is 2.04. The van der Waals surface area contributed by atoms with Crippen LogP contribution in [-0.2, 0) is 6.61 Å². The van der Waals surface area contributed by atoms with Gasteiger partial charge in [0.05, 0.1) is 12.3 Å². The van der Waals surface area contributed by atoms with Gasteiger partial charge in [0.2, 0.25) is 0 Å². The average molecular weight is 194 g/mol. The summed E-state index contributed by atoms with van der Waals surface area (Å²) in [5, 5.41) is 8.94. The smallest absolute Gasteiger partial charge is 0.0853 e. The first kappa shape index (κ1) is 11.0. The van der Waals surface area contributed by atoms with Crippen LogP contribution in [0.2, 0.25) is 0 Å². The molecule has 3 heteroatoms. The quantitative estimate of drug-likeness (QED) is 0.792. The van der Waals surface area contributed by atoms with Crippen molar-refractivity contribution in [2.45, 2.75) is 20.5 Å². The molecule has 0 unspecified atom stereocenters. The lowest BCUT2D eigenvalue weighted by Gasteiger charge is -2.21. The first-order chi connectivity index (χ1) is 6.63. The molecule has 78 valence electrons. The van der Waals surface area contributed by atoms with Crippen molar-refractivity contribution < 1.29 is 5.11 Å². The van der Waals surface area contributed by atoms with Gasteiger partial charge in [0.25, 0.3) is 0 Å². The molecule has 0 aliphatic heterocycles. The number of aliphatic hydroxyl groups is 1. The average Bonchev–Trinajstić information content (AvgIpc) is 2.17. The summed E-state index contributed by atoms with van der Waals surface area (Å²) in [6, 6.07) is 3.88. The Bertz CT molecular complexity index is 286. The van der Waals surface area contributed by atoms with Crippen LogP contribution < -0.4 is 4.90 Å². The first-order valence-electron chi connectivity index (χ1n) is 4.90. The van der Waals surface area contributed by atoms with Crippen LogP contribution in [0.4, 0.5) is 5.69 Å². The van der Waals surface area contributed by atoms with E-state index in [9.17, 15) is 0 Å². The van der Waals surface area contributed by atoms with Gasteiger partial charge in [0.15, 0.2) is 0 Å². The number of hydrogen-bond donors (Lipinski definition) is 1. The number of aromatic nitrogens is 1. The van der Waals surface area contributed by atoms with E-state index in [4.69, 9.17) is 5.11 Å². The second-order valence-corrected chi connectivity index (χ2v) is 3.94. The van der Waals surface area contributed by atoms with Crippen molar-refractivity contribution in [3.8, 4) is 0 Å². The topological polar surface area (TPSA) is 36.4 Å². The number of anilines is 1. The van der Waals surface area contributed by atoms with Gasteiger partial charge in [-0.05, 0) is 18.1 Å². The van der Waals surface area contributed by atoms with Crippen molar-refractivity contribution in [1.82, 2.24) is 4.98 Å². The maximum absolute atomic E-state index is 8.94. The van der Waals surface area contributed by atoms with Crippen molar-refractivity contribution in [3.63, 3.8) is 0 Å². The molecule has 0 spiro atoms. The monoisotopic (exact) mass is 194 g/mol. The molecule has 1 N–H and O–H groups in total. The van der Waals surface area contributed by atoms with E-state index in [0.717, 1.165) is 17.9 Å². The van der Waals surface area contributed by atoms with E-state index >= 15 is 0 Å². The molecule has 0 bridgehead atoms. The van der Waals surface area contributed by atoms with Crippen LogP contribution in [0, 0.1) is 5.92 Å². The second kappa shape index (κ2) is 4.96. The van der Waals surface area contributed by atoms with Crippen LogP contribution in [-0.4, -0.2) is 23.7 Å². The standard InChI is InChI=1S/C11H18N2O/c1-9(2)7-13(3)11-4-5-12-10(6-11)8-14/h4-6,9,14H,7-8H2,1-3H3. The van der Waals surface area contributed by atoms with Crippen molar-refractivity contribution in [3.05, 3.63) is 24.0 Å². The molecule has 0 fully saturated rings. The molecule has 0 saturated heterocycles. The maximum Gasteiger partial charge on any atom is 0.0853 e. The SMILES string of the molecule is CC(C)CN(C)c1ccnc(CO)c1. The minimum absolute atomic E-state index is 0.00333. The molecule has 0 radical (unpaired) electrons. The highest BCUT2D eigenvalue weighted by Crippen LogP contribution is 2.14. The predicted molar refractivity (Wildman–Crippen MR) is 58.3 cm³/mol. The second-order valence-electron chi connectivity index (χ2n) is 3.94. The van der Waals surface area contributed by atoms with E-state index in [2.05, 4.69) is 30.8 Å². The Kier molecular flexibility index (Phi) is 3.89. The van der Waals surface area contributed by atoms with E-state index < -0.39 is 0 Å². The van der Waals surface area contributed by atoms with E-state index in [-0.39, 0.29) is 6.61 Å². The van der Waals surface area contributed by atoms with Crippen molar-refractivity contribution >= 4 is 5.69 Å². The first-order valence-corrected chi connectivity index (χ1v) is 4.90. The summed E-state index contributed by atoms with van der Waals surface area (Å²) >= 11 is 0. The number of rotatable bonds is 4. The lowest BCUT2D eigenvalue weighted by Crippen LogP contribution is -2.22. The highest BCUT2D eigenvalue weighted by Gasteiger charge is 2.04. The Morgan fingerprint density at radius 1 is 1.50 bits per heavy atom. The van der Waals surface area contributed by atoms with Crippen molar-refractivity contribution in [1.29, 1.82) is 0 Å². The minimum atomic E-state index is 0.00333. The molecular formula is C11H18N2O. The molecule has 3 nitrogen and oxygen atoms in total. The van der Waals surface area contributed by atoms with Crippen LogP contribution >= 0.6 is 0 Å². The van der Waals surface area contributed by atoms with Crippen LogP contribution in [0.15, 0.2) is 18.3 Å². The van der Waals surface area contributed by atoms with Crippen molar-refractivity contribution in [2.75, 3.05) is 18.5 Å². The van der Waals surface area contributed by atoms with Crippen LogP contribution in [0.3, 0.4) is 0 Å². The lowest BCUT2D eigenvalue weighted by atomic mass is 10.2. The number of nitrogens with zero attached hydrogens (tertiary/aromatic N) is 2. The fourth-order valence-electron chi connectivity index (χ4n) is 1.44. The molecule has 0 aromatic carbocycles. The molecular weight excluding hydrogens is 176 g/mol. The van der Waals surface area contributed by atoms with Gasteiger partial charge in [-0.1, -0.05) is 13.8 Å². The number of pyridine rings is 1. The molecule has 0 aliphatic rings. The van der Waals surface area contributed by atoms with Gasteiger partial charge in [-0.25, -0.2) is 0 Å². The van der Waals surface area contributed by atoms with Crippen LogP contribution in [0.5, 0.6) is 0 Å². The number of aliphatic hydroxyl groups excluding tert-OH is 1. The molecule has 14 heavy (non-hydrogen) atoms. The Morgan fingerprint density at radius 2 is 2.21 bits per heavy atom. The molecule has 0 aliphatic carbocycles. The van der Waals surface area contributed by atoms with E-state index in [1.54, 1.807) is 6.20 Å². The van der Waals surface area contributed by atoms with E-state index in [1.807, 2.05) is 12.1 Å². The van der Waals surface area contributed by atoms with Crippen LogP contribution in [0.1, 0.15) is 19.5 Å². The summed E-state index contributed by atoms with van der Waals surface area (Å²) in [5.74, 6) is 0.630. The van der Waals surface area contributed by atoms with Gasteiger partial charge in [-0.15, -0.1) is 0 Å². The highest BCUT2D eigenvalue weighted by atomic mass is 16.3. The Balaban J connectivity index is 2.73. The molecule has 1 heterocycles. The zero-order valence-corrected chi connectivity index (χ0v) is 9.07. The van der Waals surface area contributed by atoms with Gasteiger partial charge in [-0.2, -0.15) is 0 Å². The zero-order valence-electron chi connectivity index (χ0n) is 9.07. The van der Waals surface area contributed by atoms with Gasteiger partial charge in [0.1, 0.15) is 0 Å². The summed E-state index contributed by atoms with van der Waals surface area (Å²) in [4.78, 5) is 6.21. The predicted octanol–water partition coefficient (Wildman–Crippen LogP) is 1.67. The third-order valence-corrected chi connectivity index (χ3v) is 2.04. The zero-order chi connectivity index (χ0) is 10.6. The largest absolute Gasteiger partial charge is 0.390 e. The Morgan fingerprint density at radius 3 is 2.79 bits per heavy atom. The van der Waals surface area contributed by atoms with Gasteiger partial charge in [0, 0.05) is 25.5 Å². The van der Waals surface area contributed by atoms with Gasteiger partial charge < -0.3 is 10.0 Å². The highest BCUT2D eigenvalue weighted by molar-refractivity contribution is 5.45. The van der Waals surface area contributed by atoms with Gasteiger partial charge >= 0.3 is 0 Å². The van der Waals surface area contributed by atoms with Gasteiger partial charge in [-0.3, -0.25) is 4.98 Å². The molecule has 1 aromatic heterocycles. The third kappa shape index (κ3) is 3.00. The van der Waals surface area contributed by atoms with Crippen molar-refractivity contribution in [2.24, 2.45) is 5.92 Å². The Labute approximate surface area is 85.4 Å². The fourth-order valence-corrected chi connectivity index (χ4v) is 1.44. The summed E-state index contributed by atoms with van der Waals surface area (Å²) < 4.78 is 0. The molecule has 0 atom stereocenters. The Hall–Kier alpha value is -1.09. The summed E-state index contributed by atoms with van der Waals surface area (Å²) in [7, 11) is 2.05. The summed E-state index contributed by atoms with van der Waals surface area (Å²) in [5.41, 5.74) is 1.83. The summed E-state index contributed by atoms with van der Waals surface area (Å²) in [6.45, 7) is 5.38. The molecule has 1 aromatic rings. The summed E-state index contributed by atoms with van der Waals surface area (Å²) in [6.07, 6.45) is 1.73. The minimum Gasteiger partial charge on any atom is -0.390 e.